The van der Waals surface area contributed by atoms with Gasteiger partial charge in [-0.2, -0.15) is 0 Å². The molecule has 0 amide bonds. The van der Waals surface area contributed by atoms with E-state index in [0.29, 0.717) is 6.04 Å². The third kappa shape index (κ3) is 1.68. The van der Waals surface area contributed by atoms with Crippen LogP contribution in [0.2, 0.25) is 0 Å². The smallest absolute Gasteiger partial charge is 0.141 e. The van der Waals surface area contributed by atoms with Gasteiger partial charge in [-0.3, -0.25) is 4.98 Å². The number of anilines is 1. The molecule has 4 nitrogen and oxygen atoms in total. The van der Waals surface area contributed by atoms with Crippen molar-refractivity contribution in [1.82, 2.24) is 14.5 Å². The molecule has 2 N–H and O–H groups in total. The van der Waals surface area contributed by atoms with Gasteiger partial charge < -0.3 is 10.3 Å². The van der Waals surface area contributed by atoms with Crippen molar-refractivity contribution in [3.8, 4) is 11.4 Å². The summed E-state index contributed by atoms with van der Waals surface area (Å²) >= 11 is 0. The Hall–Kier alpha value is -2.36. The van der Waals surface area contributed by atoms with Gasteiger partial charge in [0, 0.05) is 23.5 Å². The standard InChI is InChI=1S/C15H14N4/c16-11-3-1-10(2-4-11)15-18-13-9-17-8-7-14(13)19(15)12-5-6-12/h1-4,7-9,12H,5-6,16H2. The van der Waals surface area contributed by atoms with Crippen molar-refractivity contribution >= 4 is 16.7 Å². The Morgan fingerprint density at radius 3 is 2.63 bits per heavy atom. The van der Waals surface area contributed by atoms with Gasteiger partial charge in [0.15, 0.2) is 0 Å². The fraction of sp³-hybridized carbons (Fsp3) is 0.200. The van der Waals surface area contributed by atoms with E-state index in [1.807, 2.05) is 42.7 Å². The molecule has 4 rings (SSSR count). The van der Waals surface area contributed by atoms with Crippen LogP contribution in [-0.2, 0) is 0 Å². The highest BCUT2D eigenvalue weighted by Crippen LogP contribution is 2.41. The van der Waals surface area contributed by atoms with E-state index < -0.39 is 0 Å². The van der Waals surface area contributed by atoms with Crippen molar-refractivity contribution in [2.24, 2.45) is 0 Å². The predicted molar refractivity (Wildman–Crippen MR) is 75.6 cm³/mol. The number of rotatable bonds is 2. The quantitative estimate of drug-likeness (QED) is 0.711. The van der Waals surface area contributed by atoms with Crippen molar-refractivity contribution in [2.45, 2.75) is 18.9 Å². The number of pyridine rings is 1. The predicted octanol–water partition coefficient (Wildman–Crippen LogP) is 3.02. The molecule has 2 aromatic heterocycles. The molecule has 0 unspecified atom stereocenters. The average molecular weight is 250 g/mol. The number of nitrogen functional groups attached to an aromatic ring is 1. The van der Waals surface area contributed by atoms with Gasteiger partial charge in [-0.25, -0.2) is 4.98 Å². The molecule has 0 bridgehead atoms. The molecule has 2 heterocycles. The van der Waals surface area contributed by atoms with Gasteiger partial charge in [-0.1, -0.05) is 0 Å². The van der Waals surface area contributed by atoms with E-state index in [-0.39, 0.29) is 0 Å². The number of imidazole rings is 1. The minimum Gasteiger partial charge on any atom is -0.399 e. The van der Waals surface area contributed by atoms with Gasteiger partial charge in [0.1, 0.15) is 11.3 Å². The van der Waals surface area contributed by atoms with Crippen LogP contribution >= 0.6 is 0 Å². The normalized spacial score (nSPS) is 14.9. The van der Waals surface area contributed by atoms with Crippen LogP contribution in [0.1, 0.15) is 18.9 Å². The van der Waals surface area contributed by atoms with Crippen LogP contribution < -0.4 is 5.73 Å². The Kier molecular flexibility index (Phi) is 2.12. The molecule has 3 aromatic rings. The van der Waals surface area contributed by atoms with Crippen LogP contribution in [0.15, 0.2) is 42.7 Å². The summed E-state index contributed by atoms with van der Waals surface area (Å²) < 4.78 is 2.34. The molecule has 1 aliphatic rings. The zero-order chi connectivity index (χ0) is 12.8. The molecule has 1 saturated carbocycles. The first kappa shape index (κ1) is 10.6. The molecule has 1 aromatic carbocycles. The average Bonchev–Trinajstić information content (AvgIpc) is 3.20. The Labute approximate surface area is 110 Å². The molecule has 0 spiro atoms. The Morgan fingerprint density at radius 1 is 1.11 bits per heavy atom. The van der Waals surface area contributed by atoms with Crippen LogP contribution in [0, 0.1) is 0 Å². The maximum Gasteiger partial charge on any atom is 0.141 e. The molecule has 0 radical (unpaired) electrons. The van der Waals surface area contributed by atoms with Crippen molar-refractivity contribution < 1.29 is 0 Å². The lowest BCUT2D eigenvalue weighted by molar-refractivity contribution is 0.775. The van der Waals surface area contributed by atoms with Gasteiger partial charge in [-0.05, 0) is 43.2 Å². The molecule has 1 aliphatic carbocycles. The molecule has 19 heavy (non-hydrogen) atoms. The Balaban J connectivity index is 1.98. The first-order chi connectivity index (χ1) is 9.33. The zero-order valence-electron chi connectivity index (χ0n) is 10.5. The largest absolute Gasteiger partial charge is 0.399 e. The van der Waals surface area contributed by atoms with E-state index in [0.717, 1.165) is 22.6 Å². The second-order valence-electron chi connectivity index (χ2n) is 5.02. The lowest BCUT2D eigenvalue weighted by Crippen LogP contribution is -1.97. The molecule has 0 saturated heterocycles. The first-order valence-corrected chi connectivity index (χ1v) is 6.51. The fourth-order valence-corrected chi connectivity index (χ4v) is 2.49. The minimum absolute atomic E-state index is 0.583. The Bertz CT molecular complexity index is 738. The Morgan fingerprint density at radius 2 is 1.89 bits per heavy atom. The van der Waals surface area contributed by atoms with E-state index in [9.17, 15) is 0 Å². The number of fused-ring (bicyclic) bond motifs is 1. The van der Waals surface area contributed by atoms with Crippen LogP contribution in [0.5, 0.6) is 0 Å². The van der Waals surface area contributed by atoms with Gasteiger partial charge >= 0.3 is 0 Å². The highest BCUT2D eigenvalue weighted by Gasteiger charge is 2.28. The fourth-order valence-electron chi connectivity index (χ4n) is 2.49. The summed E-state index contributed by atoms with van der Waals surface area (Å²) in [4.78, 5) is 8.89. The second-order valence-corrected chi connectivity index (χ2v) is 5.02. The molecule has 94 valence electrons. The molecule has 1 fully saturated rings. The topological polar surface area (TPSA) is 56.7 Å². The number of hydrogen-bond acceptors (Lipinski definition) is 3. The molecular weight excluding hydrogens is 236 g/mol. The second kappa shape index (κ2) is 3.82. The van der Waals surface area contributed by atoms with Gasteiger partial charge in [0.2, 0.25) is 0 Å². The van der Waals surface area contributed by atoms with Gasteiger partial charge in [0.25, 0.3) is 0 Å². The van der Waals surface area contributed by atoms with E-state index in [1.165, 1.54) is 18.4 Å². The van der Waals surface area contributed by atoms with Crippen molar-refractivity contribution in [3.05, 3.63) is 42.7 Å². The number of benzene rings is 1. The highest BCUT2D eigenvalue weighted by molar-refractivity contribution is 5.80. The minimum atomic E-state index is 0.583. The van der Waals surface area contributed by atoms with Gasteiger partial charge in [-0.15, -0.1) is 0 Å². The monoisotopic (exact) mass is 250 g/mol. The number of aromatic nitrogens is 3. The summed E-state index contributed by atoms with van der Waals surface area (Å²) in [7, 11) is 0. The maximum atomic E-state index is 5.75. The van der Waals surface area contributed by atoms with Crippen LogP contribution in [0.3, 0.4) is 0 Å². The summed E-state index contributed by atoms with van der Waals surface area (Å²) in [5, 5.41) is 0. The number of hydrogen-bond donors (Lipinski definition) is 1. The summed E-state index contributed by atoms with van der Waals surface area (Å²) in [5.41, 5.74) is 9.77. The van der Waals surface area contributed by atoms with Crippen molar-refractivity contribution in [3.63, 3.8) is 0 Å². The summed E-state index contributed by atoms with van der Waals surface area (Å²) in [6, 6.07) is 10.5. The van der Waals surface area contributed by atoms with Crippen LogP contribution in [0.4, 0.5) is 5.69 Å². The highest BCUT2D eigenvalue weighted by atomic mass is 15.1. The van der Waals surface area contributed by atoms with E-state index in [4.69, 9.17) is 10.7 Å². The summed E-state index contributed by atoms with van der Waals surface area (Å²) in [6.45, 7) is 0. The zero-order valence-corrected chi connectivity index (χ0v) is 10.5. The lowest BCUT2D eigenvalue weighted by Gasteiger charge is -2.07. The van der Waals surface area contributed by atoms with Crippen LogP contribution in [-0.4, -0.2) is 14.5 Å². The molecule has 0 atom stereocenters. The van der Waals surface area contributed by atoms with E-state index in [2.05, 4.69) is 9.55 Å². The van der Waals surface area contributed by atoms with E-state index >= 15 is 0 Å². The maximum absolute atomic E-state index is 5.75. The lowest BCUT2D eigenvalue weighted by atomic mass is 10.2. The molecule has 4 heteroatoms. The molecule has 0 aliphatic heterocycles. The number of nitrogens with two attached hydrogens (primary N) is 1. The SMILES string of the molecule is Nc1ccc(-c2nc3cnccc3n2C2CC2)cc1. The third-order valence-electron chi connectivity index (χ3n) is 3.57. The van der Waals surface area contributed by atoms with Crippen LogP contribution in [0.25, 0.3) is 22.4 Å². The summed E-state index contributed by atoms with van der Waals surface area (Å²) in [5.74, 6) is 1.02. The summed E-state index contributed by atoms with van der Waals surface area (Å²) in [6.07, 6.45) is 6.12. The third-order valence-corrected chi connectivity index (χ3v) is 3.57. The number of nitrogens with zero attached hydrogens (tertiary/aromatic N) is 3. The van der Waals surface area contributed by atoms with E-state index in [1.54, 1.807) is 0 Å². The van der Waals surface area contributed by atoms with Crippen molar-refractivity contribution in [1.29, 1.82) is 0 Å². The molecular formula is C15H14N4. The van der Waals surface area contributed by atoms with Gasteiger partial charge in [0.05, 0.1) is 11.7 Å². The van der Waals surface area contributed by atoms with Crippen molar-refractivity contribution in [2.75, 3.05) is 5.73 Å². The first-order valence-electron chi connectivity index (χ1n) is 6.51.